The molecular weight excluding hydrogens is 200 g/mol. The summed E-state index contributed by atoms with van der Waals surface area (Å²) in [5, 5.41) is 3.29. The van der Waals surface area contributed by atoms with Crippen molar-refractivity contribution in [3.05, 3.63) is 0 Å². The Morgan fingerprint density at radius 3 is 2.88 bits per heavy atom. The van der Waals surface area contributed by atoms with Crippen LogP contribution in [0.15, 0.2) is 0 Å². The Bertz CT molecular complexity index is 236. The number of nitrogens with one attached hydrogen (secondary N) is 1. The first kappa shape index (κ1) is 11.9. The van der Waals surface area contributed by atoms with Gasteiger partial charge in [0.2, 0.25) is 5.91 Å². The van der Waals surface area contributed by atoms with Gasteiger partial charge in [-0.15, -0.1) is 0 Å². The fourth-order valence-corrected chi connectivity index (χ4v) is 2.99. The summed E-state index contributed by atoms with van der Waals surface area (Å²) in [6.45, 7) is 5.11. The van der Waals surface area contributed by atoms with Crippen molar-refractivity contribution in [2.45, 2.75) is 51.5 Å². The molecule has 2 heterocycles. The van der Waals surface area contributed by atoms with E-state index in [9.17, 15) is 4.79 Å². The van der Waals surface area contributed by atoms with Gasteiger partial charge in [-0.05, 0) is 32.2 Å². The number of amides is 1. The van der Waals surface area contributed by atoms with Crippen molar-refractivity contribution < 1.29 is 4.79 Å². The largest absolute Gasteiger partial charge is 0.339 e. The van der Waals surface area contributed by atoms with E-state index in [1.807, 2.05) is 0 Å². The van der Waals surface area contributed by atoms with Gasteiger partial charge in [0.25, 0.3) is 0 Å². The van der Waals surface area contributed by atoms with Gasteiger partial charge in [-0.3, -0.25) is 4.79 Å². The Kier molecular flexibility index (Phi) is 4.22. The summed E-state index contributed by atoms with van der Waals surface area (Å²) in [5.74, 6) is 0.672. The molecule has 2 saturated heterocycles. The van der Waals surface area contributed by atoms with Crippen LogP contribution in [0.25, 0.3) is 0 Å². The van der Waals surface area contributed by atoms with E-state index in [-0.39, 0.29) is 5.92 Å². The molecule has 3 heteroatoms. The summed E-state index contributed by atoms with van der Waals surface area (Å²) < 4.78 is 0. The molecule has 2 aliphatic heterocycles. The zero-order chi connectivity index (χ0) is 11.4. The van der Waals surface area contributed by atoms with Crippen molar-refractivity contribution in [3.8, 4) is 0 Å². The van der Waals surface area contributed by atoms with E-state index in [2.05, 4.69) is 17.1 Å². The lowest BCUT2D eigenvalue weighted by Gasteiger charge is -2.31. The van der Waals surface area contributed by atoms with Crippen molar-refractivity contribution in [2.75, 3.05) is 19.6 Å². The van der Waals surface area contributed by atoms with E-state index in [0.29, 0.717) is 11.9 Å². The van der Waals surface area contributed by atoms with Gasteiger partial charge in [0.1, 0.15) is 0 Å². The Hall–Kier alpha value is -0.570. The highest BCUT2D eigenvalue weighted by molar-refractivity contribution is 5.79. The SMILES string of the molecule is CCC1CCCCCN1C(=O)C1CCNC1. The number of likely N-dealkylation sites (tertiary alicyclic amines) is 1. The van der Waals surface area contributed by atoms with Gasteiger partial charge in [-0.2, -0.15) is 0 Å². The van der Waals surface area contributed by atoms with E-state index in [1.165, 1.54) is 25.7 Å². The van der Waals surface area contributed by atoms with Crippen molar-refractivity contribution in [2.24, 2.45) is 5.92 Å². The first-order valence-corrected chi connectivity index (χ1v) is 6.84. The summed E-state index contributed by atoms with van der Waals surface area (Å²) in [5.41, 5.74) is 0. The van der Waals surface area contributed by atoms with Gasteiger partial charge in [-0.1, -0.05) is 19.8 Å². The molecule has 2 unspecified atom stereocenters. The number of rotatable bonds is 2. The fraction of sp³-hybridized carbons (Fsp3) is 0.923. The molecule has 16 heavy (non-hydrogen) atoms. The number of carbonyl (C=O) groups excluding carboxylic acids is 1. The fourth-order valence-electron chi connectivity index (χ4n) is 2.99. The summed E-state index contributed by atoms with van der Waals surface area (Å²) in [4.78, 5) is 14.6. The summed E-state index contributed by atoms with van der Waals surface area (Å²) in [6.07, 6.45) is 7.15. The number of hydrogen-bond donors (Lipinski definition) is 1. The average molecular weight is 224 g/mol. The molecule has 3 nitrogen and oxygen atoms in total. The third-order valence-electron chi connectivity index (χ3n) is 4.04. The highest BCUT2D eigenvalue weighted by Crippen LogP contribution is 2.22. The zero-order valence-electron chi connectivity index (χ0n) is 10.4. The number of nitrogens with zero attached hydrogens (tertiary/aromatic N) is 1. The van der Waals surface area contributed by atoms with Crippen LogP contribution < -0.4 is 5.32 Å². The molecule has 0 aromatic rings. The third-order valence-corrected chi connectivity index (χ3v) is 4.04. The van der Waals surface area contributed by atoms with Crippen LogP contribution in [0, 0.1) is 5.92 Å². The van der Waals surface area contributed by atoms with Crippen LogP contribution in [0.5, 0.6) is 0 Å². The molecule has 0 saturated carbocycles. The minimum atomic E-state index is 0.257. The normalized spacial score (nSPS) is 31.4. The summed E-state index contributed by atoms with van der Waals surface area (Å²) >= 11 is 0. The van der Waals surface area contributed by atoms with E-state index in [1.54, 1.807) is 0 Å². The Balaban J connectivity index is 2.00. The Morgan fingerprint density at radius 2 is 2.19 bits per heavy atom. The predicted octanol–water partition coefficient (Wildman–Crippen LogP) is 1.78. The maximum Gasteiger partial charge on any atom is 0.227 e. The maximum atomic E-state index is 12.4. The van der Waals surface area contributed by atoms with Crippen molar-refractivity contribution >= 4 is 5.91 Å². The van der Waals surface area contributed by atoms with Crippen LogP contribution in [0.3, 0.4) is 0 Å². The van der Waals surface area contributed by atoms with E-state index in [4.69, 9.17) is 0 Å². The molecule has 2 aliphatic rings. The molecule has 92 valence electrons. The highest BCUT2D eigenvalue weighted by atomic mass is 16.2. The molecule has 1 amide bonds. The van der Waals surface area contributed by atoms with Crippen molar-refractivity contribution in [3.63, 3.8) is 0 Å². The standard InChI is InChI=1S/C13H24N2O/c1-2-12-6-4-3-5-9-15(12)13(16)11-7-8-14-10-11/h11-12,14H,2-10H2,1H3. The molecule has 0 aromatic heterocycles. The topological polar surface area (TPSA) is 32.3 Å². The second kappa shape index (κ2) is 5.67. The smallest absolute Gasteiger partial charge is 0.227 e. The van der Waals surface area contributed by atoms with Gasteiger partial charge in [0.15, 0.2) is 0 Å². The van der Waals surface area contributed by atoms with Crippen LogP contribution in [-0.4, -0.2) is 36.5 Å². The summed E-state index contributed by atoms with van der Waals surface area (Å²) in [6, 6.07) is 0.510. The lowest BCUT2D eigenvalue weighted by atomic mass is 10.0. The van der Waals surface area contributed by atoms with E-state index in [0.717, 1.165) is 32.5 Å². The first-order valence-electron chi connectivity index (χ1n) is 6.84. The minimum Gasteiger partial charge on any atom is -0.339 e. The molecule has 0 aliphatic carbocycles. The lowest BCUT2D eigenvalue weighted by molar-refractivity contribution is -0.137. The second-order valence-electron chi connectivity index (χ2n) is 5.13. The zero-order valence-corrected chi connectivity index (χ0v) is 10.4. The van der Waals surface area contributed by atoms with Gasteiger partial charge >= 0.3 is 0 Å². The minimum absolute atomic E-state index is 0.257. The monoisotopic (exact) mass is 224 g/mol. The average Bonchev–Trinajstić information content (AvgIpc) is 2.73. The van der Waals surface area contributed by atoms with Crippen LogP contribution in [0.2, 0.25) is 0 Å². The van der Waals surface area contributed by atoms with Crippen LogP contribution in [0.1, 0.15) is 45.4 Å². The molecule has 0 aromatic carbocycles. The predicted molar refractivity (Wildman–Crippen MR) is 65.2 cm³/mol. The third kappa shape index (κ3) is 2.57. The Morgan fingerprint density at radius 1 is 1.31 bits per heavy atom. The molecule has 2 rings (SSSR count). The van der Waals surface area contributed by atoms with E-state index < -0.39 is 0 Å². The molecule has 2 atom stereocenters. The number of hydrogen-bond acceptors (Lipinski definition) is 2. The van der Waals surface area contributed by atoms with Gasteiger partial charge in [-0.25, -0.2) is 0 Å². The molecule has 0 radical (unpaired) electrons. The molecule has 0 spiro atoms. The quantitative estimate of drug-likeness (QED) is 0.775. The van der Waals surface area contributed by atoms with E-state index >= 15 is 0 Å². The van der Waals surface area contributed by atoms with Crippen LogP contribution >= 0.6 is 0 Å². The van der Waals surface area contributed by atoms with Gasteiger partial charge in [0, 0.05) is 19.1 Å². The van der Waals surface area contributed by atoms with Gasteiger partial charge in [0.05, 0.1) is 5.92 Å². The van der Waals surface area contributed by atoms with Crippen molar-refractivity contribution in [1.82, 2.24) is 10.2 Å². The molecule has 1 N–H and O–H groups in total. The molecular formula is C13H24N2O. The lowest BCUT2D eigenvalue weighted by Crippen LogP contribution is -2.43. The molecule has 0 bridgehead atoms. The summed E-state index contributed by atoms with van der Waals surface area (Å²) in [7, 11) is 0. The van der Waals surface area contributed by atoms with Crippen LogP contribution in [-0.2, 0) is 4.79 Å². The molecule has 2 fully saturated rings. The first-order chi connectivity index (χ1) is 7.83. The Labute approximate surface area is 98.6 Å². The maximum absolute atomic E-state index is 12.4. The highest BCUT2D eigenvalue weighted by Gasteiger charge is 2.31. The number of carbonyl (C=O) groups is 1. The van der Waals surface area contributed by atoms with Crippen LogP contribution in [0.4, 0.5) is 0 Å². The van der Waals surface area contributed by atoms with Gasteiger partial charge < -0.3 is 10.2 Å². The van der Waals surface area contributed by atoms with Crippen molar-refractivity contribution in [1.29, 1.82) is 0 Å². The second-order valence-corrected chi connectivity index (χ2v) is 5.13.